The molecule has 0 aromatic heterocycles. The van der Waals surface area contributed by atoms with Crippen molar-refractivity contribution in [1.82, 2.24) is 4.90 Å². The molecule has 60 valence electrons. The summed E-state index contributed by atoms with van der Waals surface area (Å²) in [5.74, 6) is -0.729. The normalized spacial score (nSPS) is 13.6. The lowest BCUT2D eigenvalue weighted by Gasteiger charge is -2.20. The monoisotopic (exact) mass is 145 g/mol. The van der Waals surface area contributed by atoms with Gasteiger partial charge in [0.15, 0.2) is 0 Å². The molecule has 0 spiro atoms. The van der Waals surface area contributed by atoms with Crippen LogP contribution in [0.3, 0.4) is 0 Å². The van der Waals surface area contributed by atoms with Gasteiger partial charge in [-0.1, -0.05) is 6.92 Å². The van der Waals surface area contributed by atoms with Crippen molar-refractivity contribution in [1.29, 1.82) is 0 Å². The number of carbonyl (C=O) groups is 1. The van der Waals surface area contributed by atoms with Crippen LogP contribution < -0.4 is 0 Å². The van der Waals surface area contributed by atoms with Gasteiger partial charge in [0.2, 0.25) is 0 Å². The highest BCUT2D eigenvalue weighted by molar-refractivity contribution is 5.67. The Morgan fingerprint density at radius 1 is 1.70 bits per heavy atom. The predicted molar refractivity (Wildman–Crippen MR) is 40.0 cm³/mol. The van der Waals surface area contributed by atoms with Crippen LogP contribution >= 0.6 is 0 Å². The van der Waals surface area contributed by atoms with Gasteiger partial charge in [-0.2, -0.15) is 0 Å². The van der Waals surface area contributed by atoms with Gasteiger partial charge in [-0.15, -0.1) is 0 Å². The maximum absolute atomic E-state index is 10.2. The van der Waals surface area contributed by atoms with Gasteiger partial charge in [0, 0.05) is 6.04 Å². The smallest absolute Gasteiger partial charge is 0.304 e. The number of aliphatic carboxylic acids is 1. The van der Waals surface area contributed by atoms with Crippen LogP contribution in [0.1, 0.15) is 20.3 Å². The number of rotatable bonds is 4. The summed E-state index contributed by atoms with van der Waals surface area (Å²) in [6, 6.07) is 0.141. The molecule has 0 aliphatic rings. The summed E-state index contributed by atoms with van der Waals surface area (Å²) >= 11 is 0. The van der Waals surface area contributed by atoms with Gasteiger partial charge >= 0.3 is 5.97 Å². The molecular weight excluding hydrogens is 130 g/mol. The van der Waals surface area contributed by atoms with Crippen LogP contribution in [-0.2, 0) is 4.79 Å². The number of carboxylic acids is 1. The molecule has 1 unspecified atom stereocenters. The predicted octanol–water partition coefficient (Wildman–Crippen LogP) is 0.801. The summed E-state index contributed by atoms with van der Waals surface area (Å²) in [5.41, 5.74) is 0. The molecule has 10 heavy (non-hydrogen) atoms. The molecule has 1 atom stereocenters. The van der Waals surface area contributed by atoms with Crippen molar-refractivity contribution in [3.8, 4) is 0 Å². The Hall–Kier alpha value is -0.570. The lowest BCUT2D eigenvalue weighted by molar-refractivity contribution is -0.138. The van der Waals surface area contributed by atoms with Gasteiger partial charge in [0.05, 0.1) is 6.42 Å². The SMILES string of the molecule is CCN(C)C(C)CC(=O)O. The van der Waals surface area contributed by atoms with Crippen LogP contribution in [0.4, 0.5) is 0 Å². The molecule has 0 aromatic carbocycles. The van der Waals surface area contributed by atoms with Crippen molar-refractivity contribution in [3.05, 3.63) is 0 Å². The van der Waals surface area contributed by atoms with Gasteiger partial charge in [-0.25, -0.2) is 0 Å². The Morgan fingerprint density at radius 2 is 2.20 bits per heavy atom. The molecule has 3 heteroatoms. The summed E-state index contributed by atoms with van der Waals surface area (Å²) in [6.45, 7) is 4.82. The first-order valence-electron chi connectivity index (χ1n) is 3.50. The number of hydrogen-bond acceptors (Lipinski definition) is 2. The number of nitrogens with zero attached hydrogens (tertiary/aromatic N) is 1. The highest BCUT2D eigenvalue weighted by atomic mass is 16.4. The summed E-state index contributed by atoms with van der Waals surface area (Å²) in [5, 5.41) is 8.40. The Labute approximate surface area is 61.6 Å². The van der Waals surface area contributed by atoms with Crippen molar-refractivity contribution in [2.24, 2.45) is 0 Å². The molecule has 0 amide bonds. The number of hydrogen-bond donors (Lipinski definition) is 1. The highest BCUT2D eigenvalue weighted by Crippen LogP contribution is 1.99. The summed E-state index contributed by atoms with van der Waals surface area (Å²) in [6.07, 6.45) is 0.227. The third-order valence-electron chi connectivity index (χ3n) is 1.72. The van der Waals surface area contributed by atoms with Gasteiger partial charge in [-0.05, 0) is 20.5 Å². The molecule has 0 radical (unpaired) electrons. The van der Waals surface area contributed by atoms with Crippen molar-refractivity contribution in [2.75, 3.05) is 13.6 Å². The molecule has 0 aliphatic carbocycles. The fourth-order valence-corrected chi connectivity index (χ4v) is 0.720. The topological polar surface area (TPSA) is 40.5 Å². The van der Waals surface area contributed by atoms with Gasteiger partial charge in [-0.3, -0.25) is 4.79 Å². The average molecular weight is 145 g/mol. The lowest BCUT2D eigenvalue weighted by atomic mass is 10.2. The van der Waals surface area contributed by atoms with E-state index in [1.54, 1.807) is 0 Å². The van der Waals surface area contributed by atoms with Crippen LogP contribution in [0.5, 0.6) is 0 Å². The van der Waals surface area contributed by atoms with E-state index in [0.29, 0.717) is 0 Å². The van der Waals surface area contributed by atoms with Gasteiger partial charge in [0.25, 0.3) is 0 Å². The second kappa shape index (κ2) is 4.28. The van der Waals surface area contributed by atoms with E-state index in [2.05, 4.69) is 0 Å². The largest absolute Gasteiger partial charge is 0.481 e. The van der Waals surface area contributed by atoms with E-state index in [-0.39, 0.29) is 12.5 Å². The van der Waals surface area contributed by atoms with Crippen LogP contribution in [-0.4, -0.2) is 35.6 Å². The summed E-state index contributed by atoms with van der Waals surface area (Å²) < 4.78 is 0. The first kappa shape index (κ1) is 9.43. The summed E-state index contributed by atoms with van der Waals surface area (Å²) in [4.78, 5) is 12.2. The first-order chi connectivity index (χ1) is 4.57. The average Bonchev–Trinajstić information content (AvgIpc) is 1.85. The zero-order valence-corrected chi connectivity index (χ0v) is 6.79. The molecule has 1 N–H and O–H groups in total. The first-order valence-corrected chi connectivity index (χ1v) is 3.50. The Morgan fingerprint density at radius 3 is 2.50 bits per heavy atom. The third kappa shape index (κ3) is 3.45. The standard InChI is InChI=1S/C7H15NO2/c1-4-8(3)6(2)5-7(9)10/h6H,4-5H2,1-3H3,(H,9,10). The van der Waals surface area contributed by atoms with Crippen LogP contribution in [0, 0.1) is 0 Å². The van der Waals surface area contributed by atoms with E-state index in [1.807, 2.05) is 25.8 Å². The second-order valence-corrected chi connectivity index (χ2v) is 2.52. The minimum atomic E-state index is -0.729. The zero-order valence-electron chi connectivity index (χ0n) is 6.79. The molecule has 0 saturated carbocycles. The van der Waals surface area contributed by atoms with Crippen LogP contribution in [0.15, 0.2) is 0 Å². The van der Waals surface area contributed by atoms with Crippen LogP contribution in [0.25, 0.3) is 0 Å². The highest BCUT2D eigenvalue weighted by Gasteiger charge is 2.10. The fraction of sp³-hybridized carbons (Fsp3) is 0.857. The zero-order chi connectivity index (χ0) is 8.15. The van der Waals surface area contributed by atoms with E-state index in [0.717, 1.165) is 6.54 Å². The van der Waals surface area contributed by atoms with Gasteiger partial charge < -0.3 is 10.0 Å². The van der Waals surface area contributed by atoms with Gasteiger partial charge in [0.1, 0.15) is 0 Å². The molecule has 3 nitrogen and oxygen atoms in total. The minimum absolute atomic E-state index is 0.141. The van der Waals surface area contributed by atoms with Crippen molar-refractivity contribution in [3.63, 3.8) is 0 Å². The van der Waals surface area contributed by atoms with E-state index >= 15 is 0 Å². The molecule has 0 aromatic rings. The van der Waals surface area contributed by atoms with E-state index in [4.69, 9.17) is 5.11 Å². The molecule has 0 bridgehead atoms. The van der Waals surface area contributed by atoms with Crippen molar-refractivity contribution < 1.29 is 9.90 Å². The minimum Gasteiger partial charge on any atom is -0.481 e. The Balaban J connectivity index is 3.61. The third-order valence-corrected chi connectivity index (χ3v) is 1.72. The van der Waals surface area contributed by atoms with E-state index in [9.17, 15) is 4.79 Å². The molecular formula is C7H15NO2. The Bertz CT molecular complexity index is 114. The molecule has 0 aliphatic heterocycles. The van der Waals surface area contributed by atoms with Crippen molar-refractivity contribution >= 4 is 5.97 Å². The Kier molecular flexibility index (Phi) is 4.03. The van der Waals surface area contributed by atoms with E-state index in [1.165, 1.54) is 0 Å². The van der Waals surface area contributed by atoms with Crippen LogP contribution in [0.2, 0.25) is 0 Å². The molecule has 0 rings (SSSR count). The summed E-state index contributed by atoms with van der Waals surface area (Å²) in [7, 11) is 1.92. The molecule has 0 heterocycles. The quantitative estimate of drug-likeness (QED) is 0.636. The molecule has 0 fully saturated rings. The molecule has 0 saturated heterocycles. The van der Waals surface area contributed by atoms with Crippen molar-refractivity contribution in [2.45, 2.75) is 26.3 Å². The van der Waals surface area contributed by atoms with E-state index < -0.39 is 5.97 Å². The maximum atomic E-state index is 10.2. The fourth-order valence-electron chi connectivity index (χ4n) is 0.720. The maximum Gasteiger partial charge on any atom is 0.304 e. The second-order valence-electron chi connectivity index (χ2n) is 2.52. The number of carboxylic acid groups (broad SMARTS) is 1. The lowest BCUT2D eigenvalue weighted by Crippen LogP contribution is -2.30.